The van der Waals surface area contributed by atoms with Gasteiger partial charge in [0, 0.05) is 36.3 Å². The van der Waals surface area contributed by atoms with Gasteiger partial charge in [-0.3, -0.25) is 9.59 Å². The van der Waals surface area contributed by atoms with Crippen LogP contribution >= 0.6 is 11.3 Å². The van der Waals surface area contributed by atoms with Crippen LogP contribution in [0, 0.1) is 6.92 Å². The fraction of sp³-hybridized carbons (Fsp3) is 0.280. The number of hydrogen-bond donors (Lipinski definition) is 4. The highest BCUT2D eigenvalue weighted by atomic mass is 32.1. The topological polar surface area (TPSA) is 82.3 Å². The van der Waals surface area contributed by atoms with Crippen molar-refractivity contribution in [3.8, 4) is 10.4 Å². The normalized spacial score (nSPS) is 14.3. The van der Waals surface area contributed by atoms with Crippen molar-refractivity contribution < 1.29 is 9.59 Å². The summed E-state index contributed by atoms with van der Waals surface area (Å²) in [6.45, 7) is 5.82. The third kappa shape index (κ3) is 4.84. The summed E-state index contributed by atoms with van der Waals surface area (Å²) in [5, 5.41) is 12.5. The molecule has 4 rings (SSSR count). The second kappa shape index (κ2) is 9.54. The summed E-state index contributed by atoms with van der Waals surface area (Å²) in [5.74, 6) is -0.174. The van der Waals surface area contributed by atoms with E-state index in [0.29, 0.717) is 16.5 Å². The monoisotopic (exact) mass is 448 g/mol. The Morgan fingerprint density at radius 2 is 1.88 bits per heavy atom. The lowest BCUT2D eigenvalue weighted by atomic mass is 10.0. The summed E-state index contributed by atoms with van der Waals surface area (Å²) in [7, 11) is 1.63. The maximum atomic E-state index is 13.0. The molecule has 0 aliphatic carbocycles. The third-order valence-corrected chi connectivity index (χ3v) is 6.84. The molecule has 1 atom stereocenters. The van der Waals surface area contributed by atoms with Gasteiger partial charge in [0.2, 0.25) is 0 Å². The first-order valence-corrected chi connectivity index (χ1v) is 11.6. The third-order valence-electron chi connectivity index (χ3n) is 5.71. The number of nitrogens with one attached hydrogen (secondary N) is 4. The van der Waals surface area contributed by atoms with Crippen molar-refractivity contribution in [3.05, 3.63) is 76.2 Å². The molecule has 6 nitrogen and oxygen atoms in total. The summed E-state index contributed by atoms with van der Waals surface area (Å²) < 4.78 is 0. The predicted octanol–water partition coefficient (Wildman–Crippen LogP) is 3.96. The van der Waals surface area contributed by atoms with Gasteiger partial charge >= 0.3 is 0 Å². The Hall–Kier alpha value is -3.16. The standard InChI is InChI=1S/C25H28N4O2S/c1-15-7-8-19(29-20-13-27-14-20)12-21(15)24(30)28-16(2)17-5-4-6-18(11-17)22-9-10-23(32-22)25(31)26-3/h4-12,16,20,27,29H,13-14H2,1-3H3,(H,26,31)(H,28,30)/t16-/m1/s1. The Morgan fingerprint density at radius 3 is 2.59 bits per heavy atom. The van der Waals surface area contributed by atoms with Gasteiger partial charge < -0.3 is 21.3 Å². The van der Waals surface area contributed by atoms with Crippen LogP contribution in [0.4, 0.5) is 5.69 Å². The summed E-state index contributed by atoms with van der Waals surface area (Å²) in [6, 6.07) is 18.1. The molecule has 0 spiro atoms. The van der Waals surface area contributed by atoms with E-state index in [1.807, 2.05) is 62.4 Å². The van der Waals surface area contributed by atoms with Crippen LogP contribution in [0.15, 0.2) is 54.6 Å². The highest BCUT2D eigenvalue weighted by Gasteiger charge is 2.18. The van der Waals surface area contributed by atoms with Crippen LogP contribution < -0.4 is 21.3 Å². The second-order valence-electron chi connectivity index (χ2n) is 8.09. The average molecular weight is 449 g/mol. The van der Waals surface area contributed by atoms with Crippen LogP contribution in [0.1, 0.15) is 44.1 Å². The average Bonchev–Trinajstić information content (AvgIpc) is 3.27. The van der Waals surface area contributed by atoms with Gasteiger partial charge in [0.1, 0.15) is 0 Å². The minimum atomic E-state index is -0.160. The van der Waals surface area contributed by atoms with E-state index in [2.05, 4.69) is 27.3 Å². The number of aryl methyl sites for hydroxylation is 1. The fourth-order valence-electron chi connectivity index (χ4n) is 3.64. The van der Waals surface area contributed by atoms with Crippen molar-refractivity contribution in [3.63, 3.8) is 0 Å². The number of carbonyl (C=O) groups excluding carboxylic acids is 2. The molecule has 2 amide bonds. The maximum Gasteiger partial charge on any atom is 0.261 e. The number of carbonyl (C=O) groups is 2. The highest BCUT2D eigenvalue weighted by Crippen LogP contribution is 2.30. The summed E-state index contributed by atoms with van der Waals surface area (Å²) in [4.78, 5) is 26.6. The molecule has 2 aromatic carbocycles. The highest BCUT2D eigenvalue weighted by molar-refractivity contribution is 7.17. The number of hydrogen-bond acceptors (Lipinski definition) is 5. The first kappa shape index (κ1) is 22.0. The Morgan fingerprint density at radius 1 is 1.06 bits per heavy atom. The summed E-state index contributed by atoms with van der Waals surface area (Å²) >= 11 is 1.45. The summed E-state index contributed by atoms with van der Waals surface area (Å²) in [5.41, 5.74) is 4.63. The van der Waals surface area contributed by atoms with E-state index in [4.69, 9.17) is 0 Å². The molecule has 0 unspecified atom stereocenters. The van der Waals surface area contributed by atoms with Crippen molar-refractivity contribution in [2.45, 2.75) is 25.9 Å². The van der Waals surface area contributed by atoms with Crippen molar-refractivity contribution in [2.75, 3.05) is 25.5 Å². The molecule has 1 aliphatic heterocycles. The zero-order valence-corrected chi connectivity index (χ0v) is 19.3. The van der Waals surface area contributed by atoms with Crippen molar-refractivity contribution in [1.82, 2.24) is 16.0 Å². The minimum Gasteiger partial charge on any atom is -0.380 e. The smallest absolute Gasteiger partial charge is 0.261 e. The lowest BCUT2D eigenvalue weighted by molar-refractivity contribution is 0.0937. The fourth-order valence-corrected chi connectivity index (χ4v) is 4.59. The lowest BCUT2D eigenvalue weighted by Crippen LogP contribution is -2.51. The molecule has 166 valence electrons. The molecule has 0 bridgehead atoms. The zero-order valence-electron chi connectivity index (χ0n) is 18.5. The SMILES string of the molecule is CNC(=O)c1ccc(-c2cccc([C@@H](C)NC(=O)c3cc(NC4CNC4)ccc3C)c2)s1. The number of rotatable bonds is 7. The lowest BCUT2D eigenvalue weighted by Gasteiger charge is -2.29. The molecule has 1 aliphatic rings. The van der Waals surface area contributed by atoms with E-state index in [1.54, 1.807) is 7.05 Å². The molecule has 0 radical (unpaired) electrons. The summed E-state index contributed by atoms with van der Waals surface area (Å²) in [6.07, 6.45) is 0. The van der Waals surface area contributed by atoms with Gasteiger partial charge in [0.15, 0.2) is 0 Å². The molecule has 3 aromatic rings. The molecule has 1 aromatic heterocycles. The number of amides is 2. The van der Waals surface area contributed by atoms with Gasteiger partial charge in [-0.1, -0.05) is 24.3 Å². The van der Waals surface area contributed by atoms with Gasteiger partial charge in [0.25, 0.3) is 11.8 Å². The Labute approximate surface area is 192 Å². The molecule has 32 heavy (non-hydrogen) atoms. The van der Waals surface area contributed by atoms with Crippen molar-refractivity contribution >= 4 is 28.8 Å². The Kier molecular flexibility index (Phi) is 6.58. The van der Waals surface area contributed by atoms with Crippen molar-refractivity contribution in [1.29, 1.82) is 0 Å². The molecule has 0 saturated carbocycles. The first-order chi connectivity index (χ1) is 15.4. The first-order valence-electron chi connectivity index (χ1n) is 10.8. The molecule has 2 heterocycles. The zero-order chi connectivity index (χ0) is 22.7. The van der Waals surface area contributed by atoms with Crippen LogP contribution in [0.3, 0.4) is 0 Å². The number of benzene rings is 2. The van der Waals surface area contributed by atoms with Crippen LogP contribution in [0.2, 0.25) is 0 Å². The largest absolute Gasteiger partial charge is 0.380 e. The Balaban J connectivity index is 1.48. The molecule has 4 N–H and O–H groups in total. The second-order valence-corrected chi connectivity index (χ2v) is 9.18. The van der Waals surface area contributed by atoms with E-state index in [-0.39, 0.29) is 17.9 Å². The molecule has 7 heteroatoms. The van der Waals surface area contributed by atoms with Gasteiger partial charge in [-0.25, -0.2) is 0 Å². The van der Waals surface area contributed by atoms with Gasteiger partial charge in [-0.05, 0) is 60.9 Å². The van der Waals surface area contributed by atoms with E-state index in [0.717, 1.165) is 40.3 Å². The van der Waals surface area contributed by atoms with Gasteiger partial charge in [-0.15, -0.1) is 11.3 Å². The van der Waals surface area contributed by atoms with Crippen LogP contribution in [-0.2, 0) is 0 Å². The van der Waals surface area contributed by atoms with Crippen LogP contribution in [0.5, 0.6) is 0 Å². The van der Waals surface area contributed by atoms with E-state index < -0.39 is 0 Å². The molecular weight excluding hydrogens is 420 g/mol. The van der Waals surface area contributed by atoms with Crippen LogP contribution in [-0.4, -0.2) is 38.0 Å². The Bertz CT molecular complexity index is 1140. The van der Waals surface area contributed by atoms with E-state index >= 15 is 0 Å². The van der Waals surface area contributed by atoms with Gasteiger partial charge in [-0.2, -0.15) is 0 Å². The molecular formula is C25H28N4O2S. The maximum absolute atomic E-state index is 13.0. The van der Waals surface area contributed by atoms with Gasteiger partial charge in [0.05, 0.1) is 17.0 Å². The quantitative estimate of drug-likeness (QED) is 0.441. The van der Waals surface area contributed by atoms with Crippen LogP contribution in [0.25, 0.3) is 10.4 Å². The van der Waals surface area contributed by atoms with E-state index in [9.17, 15) is 9.59 Å². The minimum absolute atomic E-state index is 0.0845. The van der Waals surface area contributed by atoms with Crippen molar-refractivity contribution in [2.24, 2.45) is 0 Å². The number of thiophene rings is 1. The van der Waals surface area contributed by atoms with E-state index in [1.165, 1.54) is 11.3 Å². The number of anilines is 1. The molecule has 1 fully saturated rings. The molecule has 1 saturated heterocycles. The predicted molar refractivity (Wildman–Crippen MR) is 130 cm³/mol.